The van der Waals surface area contributed by atoms with Crippen LogP contribution >= 0.6 is 0 Å². The number of hydrazone groups is 2. The molecule has 0 aliphatic carbocycles. The van der Waals surface area contributed by atoms with Crippen molar-refractivity contribution in [1.82, 2.24) is 9.35 Å². The highest BCUT2D eigenvalue weighted by atomic mass is 28.3. The van der Waals surface area contributed by atoms with Crippen molar-refractivity contribution >= 4 is 27.9 Å². The van der Waals surface area contributed by atoms with Crippen LogP contribution in [0.2, 0.25) is 39.3 Å². The van der Waals surface area contributed by atoms with Crippen LogP contribution < -0.4 is 0 Å². The second kappa shape index (κ2) is 6.70. The van der Waals surface area contributed by atoms with Crippen molar-refractivity contribution in [2.24, 2.45) is 10.2 Å². The van der Waals surface area contributed by atoms with Crippen LogP contribution in [-0.4, -0.2) is 51.3 Å². The Balaban J connectivity index is 4.70. The van der Waals surface area contributed by atoms with Gasteiger partial charge in [-0.15, -0.1) is 0 Å². The second-order valence-corrected chi connectivity index (χ2v) is 17.2. The van der Waals surface area contributed by atoms with Crippen LogP contribution in [0.1, 0.15) is 20.3 Å². The summed E-state index contributed by atoms with van der Waals surface area (Å²) in [6.07, 6.45) is 0.851. The van der Waals surface area contributed by atoms with Crippen molar-refractivity contribution in [3.63, 3.8) is 0 Å². The third-order valence-corrected chi connectivity index (χ3v) is 7.18. The van der Waals surface area contributed by atoms with Crippen LogP contribution in [-0.2, 0) is 0 Å². The lowest BCUT2D eigenvalue weighted by atomic mass is 10.2. The molecule has 0 aliphatic rings. The van der Waals surface area contributed by atoms with E-state index in [-0.39, 0.29) is 0 Å². The normalized spacial score (nSPS) is 14.6. The third kappa shape index (κ3) is 7.52. The first-order valence-electron chi connectivity index (χ1n) is 6.90. The monoisotopic (exact) mass is 300 g/mol. The molecule has 0 bridgehead atoms. The topological polar surface area (TPSA) is 31.2 Å². The maximum atomic E-state index is 4.68. The predicted molar refractivity (Wildman–Crippen MR) is 93.1 cm³/mol. The lowest BCUT2D eigenvalue weighted by Crippen LogP contribution is -2.40. The molecule has 0 fully saturated rings. The molecule has 0 unspecified atom stereocenters. The zero-order valence-corrected chi connectivity index (χ0v) is 16.5. The van der Waals surface area contributed by atoms with Crippen LogP contribution in [0.25, 0.3) is 0 Å². The standard InChI is InChI=1S/C13H32N4Si2/c1-12(14-16(3)18(5,6)7)11-13(2)15-17(4)19(8,9)10/h11H2,1-10H3/b14-12+,15-13+. The first-order valence-corrected chi connectivity index (χ1v) is 13.8. The van der Waals surface area contributed by atoms with Crippen LogP contribution in [0.3, 0.4) is 0 Å². The molecule has 0 aromatic carbocycles. The van der Waals surface area contributed by atoms with Gasteiger partial charge < -0.3 is 9.35 Å². The average Bonchev–Trinajstić information content (AvgIpc) is 2.13. The van der Waals surface area contributed by atoms with Gasteiger partial charge in [0.05, 0.1) is 0 Å². The van der Waals surface area contributed by atoms with Crippen LogP contribution in [0.15, 0.2) is 10.2 Å². The van der Waals surface area contributed by atoms with E-state index < -0.39 is 16.5 Å². The highest BCUT2D eigenvalue weighted by molar-refractivity contribution is 6.73. The Morgan fingerprint density at radius 1 is 0.737 bits per heavy atom. The first-order chi connectivity index (χ1) is 8.34. The van der Waals surface area contributed by atoms with Crippen molar-refractivity contribution in [3.8, 4) is 0 Å². The molecular formula is C13H32N4Si2. The molecule has 19 heavy (non-hydrogen) atoms. The molecule has 0 N–H and O–H groups in total. The average molecular weight is 301 g/mol. The molecule has 0 heterocycles. The minimum Gasteiger partial charge on any atom is -0.328 e. The van der Waals surface area contributed by atoms with Gasteiger partial charge >= 0.3 is 0 Å². The molecule has 112 valence electrons. The van der Waals surface area contributed by atoms with E-state index in [9.17, 15) is 0 Å². The first kappa shape index (κ1) is 18.4. The summed E-state index contributed by atoms with van der Waals surface area (Å²) in [5.41, 5.74) is 2.27. The maximum Gasteiger partial charge on any atom is 0.168 e. The fraction of sp³-hybridized carbons (Fsp3) is 0.846. The molecule has 0 saturated heterocycles. The van der Waals surface area contributed by atoms with Gasteiger partial charge in [-0.25, -0.2) is 0 Å². The highest BCUT2D eigenvalue weighted by Gasteiger charge is 2.20. The molecule has 0 aliphatic heterocycles. The van der Waals surface area contributed by atoms with Gasteiger partial charge in [0.1, 0.15) is 0 Å². The summed E-state index contributed by atoms with van der Waals surface area (Å²) in [6, 6.07) is 0. The zero-order chi connectivity index (χ0) is 15.4. The molecular weight excluding hydrogens is 268 g/mol. The van der Waals surface area contributed by atoms with E-state index in [2.05, 4.69) is 86.8 Å². The fourth-order valence-corrected chi connectivity index (χ4v) is 2.19. The van der Waals surface area contributed by atoms with E-state index in [1.807, 2.05) is 0 Å². The minimum absolute atomic E-state index is 0.851. The second-order valence-electron chi connectivity index (χ2n) is 7.24. The molecule has 4 nitrogen and oxygen atoms in total. The SMILES string of the molecule is C/C(C/C(C)=N/N(C)[Si](C)(C)C)=N\N(C)[Si](C)(C)C. The number of hydrogen-bond donors (Lipinski definition) is 0. The van der Waals surface area contributed by atoms with Crippen molar-refractivity contribution in [3.05, 3.63) is 0 Å². The van der Waals surface area contributed by atoms with E-state index in [0.29, 0.717) is 0 Å². The molecule has 0 radical (unpaired) electrons. The van der Waals surface area contributed by atoms with Gasteiger partial charge in [0, 0.05) is 31.9 Å². The molecule has 6 heteroatoms. The number of rotatable bonds is 6. The Morgan fingerprint density at radius 2 is 1.00 bits per heavy atom. The Morgan fingerprint density at radius 3 is 1.21 bits per heavy atom. The summed E-state index contributed by atoms with van der Waals surface area (Å²) in [7, 11) is 1.49. The van der Waals surface area contributed by atoms with Crippen LogP contribution in [0.4, 0.5) is 0 Å². The van der Waals surface area contributed by atoms with E-state index in [1.54, 1.807) is 0 Å². The quantitative estimate of drug-likeness (QED) is 0.426. The van der Waals surface area contributed by atoms with Gasteiger partial charge in [-0.2, -0.15) is 10.2 Å². The lowest BCUT2D eigenvalue weighted by molar-refractivity contribution is 0.543. The van der Waals surface area contributed by atoms with Gasteiger partial charge in [0.25, 0.3) is 0 Å². The molecule has 0 rings (SSSR count). The third-order valence-electron chi connectivity index (χ3n) is 3.09. The van der Waals surface area contributed by atoms with E-state index in [1.165, 1.54) is 0 Å². The zero-order valence-electron chi connectivity index (χ0n) is 14.5. The summed E-state index contributed by atoms with van der Waals surface area (Å²) in [4.78, 5) is 0. The summed E-state index contributed by atoms with van der Waals surface area (Å²) in [5, 5.41) is 9.36. The van der Waals surface area contributed by atoms with Gasteiger partial charge in [0.15, 0.2) is 16.5 Å². The van der Waals surface area contributed by atoms with Gasteiger partial charge in [-0.1, -0.05) is 39.3 Å². The Bertz CT molecular complexity index is 317. The maximum absolute atomic E-state index is 4.68. The Hall–Kier alpha value is -0.626. The largest absolute Gasteiger partial charge is 0.328 e. The highest BCUT2D eigenvalue weighted by Crippen LogP contribution is 2.09. The van der Waals surface area contributed by atoms with Crippen LogP contribution in [0, 0.1) is 0 Å². The minimum atomic E-state index is -1.33. The molecule has 0 aromatic rings. The molecule has 0 aromatic heterocycles. The summed E-state index contributed by atoms with van der Waals surface area (Å²) in [5.74, 6) is 0. The summed E-state index contributed by atoms with van der Waals surface area (Å²) in [6.45, 7) is 17.9. The molecule has 0 atom stereocenters. The van der Waals surface area contributed by atoms with E-state index in [4.69, 9.17) is 0 Å². The summed E-state index contributed by atoms with van der Waals surface area (Å²) < 4.78 is 4.30. The molecule has 0 spiro atoms. The van der Waals surface area contributed by atoms with Gasteiger partial charge in [-0.3, -0.25) is 0 Å². The molecule has 0 saturated carbocycles. The van der Waals surface area contributed by atoms with Gasteiger partial charge in [0.2, 0.25) is 0 Å². The summed E-state index contributed by atoms with van der Waals surface area (Å²) >= 11 is 0. The number of nitrogens with zero attached hydrogens (tertiary/aromatic N) is 4. The predicted octanol–water partition coefficient (Wildman–Crippen LogP) is 3.66. The van der Waals surface area contributed by atoms with Crippen molar-refractivity contribution in [1.29, 1.82) is 0 Å². The fourth-order valence-electron chi connectivity index (χ4n) is 1.25. The Labute approximate surface area is 121 Å². The van der Waals surface area contributed by atoms with Crippen molar-refractivity contribution in [2.75, 3.05) is 14.1 Å². The van der Waals surface area contributed by atoms with Gasteiger partial charge in [-0.05, 0) is 13.8 Å². The smallest absolute Gasteiger partial charge is 0.168 e. The van der Waals surface area contributed by atoms with E-state index in [0.717, 1.165) is 17.8 Å². The van der Waals surface area contributed by atoms with Crippen molar-refractivity contribution in [2.45, 2.75) is 59.6 Å². The lowest BCUT2D eigenvalue weighted by Gasteiger charge is -2.28. The molecule has 0 amide bonds. The van der Waals surface area contributed by atoms with E-state index >= 15 is 0 Å². The van der Waals surface area contributed by atoms with Crippen LogP contribution in [0.5, 0.6) is 0 Å². The Kier molecular flexibility index (Phi) is 6.48. The van der Waals surface area contributed by atoms with Crippen molar-refractivity contribution < 1.29 is 0 Å². The number of hydrogen-bond acceptors (Lipinski definition) is 4.